The maximum atomic E-state index is 11.5. The average molecular weight is 497 g/mol. The summed E-state index contributed by atoms with van der Waals surface area (Å²) in [5.41, 5.74) is 5.88. The van der Waals surface area contributed by atoms with E-state index in [0.717, 1.165) is 34.1 Å². The predicted molar refractivity (Wildman–Crippen MR) is 149 cm³/mol. The highest BCUT2D eigenvalue weighted by Crippen LogP contribution is 2.42. The van der Waals surface area contributed by atoms with Gasteiger partial charge in [0.05, 0.1) is 11.7 Å². The van der Waals surface area contributed by atoms with Gasteiger partial charge < -0.3 is 25.0 Å². The smallest absolute Gasteiger partial charge is 0.221 e. The van der Waals surface area contributed by atoms with Gasteiger partial charge in [-0.15, -0.1) is 0 Å². The van der Waals surface area contributed by atoms with Crippen LogP contribution in [0, 0.1) is 0 Å². The van der Waals surface area contributed by atoms with Gasteiger partial charge >= 0.3 is 0 Å². The number of hydrogen-bond acceptors (Lipinski definition) is 4. The van der Waals surface area contributed by atoms with Crippen LogP contribution >= 0.6 is 12.2 Å². The Balaban J connectivity index is 1.59. The van der Waals surface area contributed by atoms with E-state index in [1.165, 1.54) is 6.92 Å². The summed E-state index contributed by atoms with van der Waals surface area (Å²) in [7, 11) is 4.07. The highest BCUT2D eigenvalue weighted by atomic mass is 32.1. The predicted octanol–water partition coefficient (Wildman–Crippen LogP) is 5.07. The highest BCUT2D eigenvalue weighted by molar-refractivity contribution is 7.80. The summed E-state index contributed by atoms with van der Waals surface area (Å²) in [5.74, 6) is -0.104. The molecule has 1 aliphatic heterocycles. The Morgan fingerprint density at radius 1 is 0.972 bits per heavy atom. The molecular weight excluding hydrogens is 468 g/mol. The maximum absolute atomic E-state index is 11.5. The van der Waals surface area contributed by atoms with E-state index < -0.39 is 0 Å². The Bertz CT molecular complexity index is 1370. The van der Waals surface area contributed by atoms with Gasteiger partial charge in [0.15, 0.2) is 5.11 Å². The normalized spacial score (nSPS) is 17.1. The molecule has 1 amide bonds. The van der Waals surface area contributed by atoms with Gasteiger partial charge in [-0.3, -0.25) is 9.78 Å². The van der Waals surface area contributed by atoms with Crippen molar-refractivity contribution in [2.45, 2.75) is 19.0 Å². The Hall–Kier alpha value is -4.17. The summed E-state index contributed by atoms with van der Waals surface area (Å²) in [4.78, 5) is 20.3. The average Bonchev–Trinajstić information content (AvgIpc) is 3.49. The lowest BCUT2D eigenvalue weighted by molar-refractivity contribution is -0.114. The van der Waals surface area contributed by atoms with Crippen LogP contribution in [0.4, 0.5) is 17.1 Å². The summed E-state index contributed by atoms with van der Waals surface area (Å²) in [6, 6.07) is 26.1. The number of aromatic nitrogens is 2. The van der Waals surface area contributed by atoms with Crippen LogP contribution in [0.5, 0.6) is 0 Å². The minimum atomic E-state index is -0.150. The molecule has 0 aliphatic carbocycles. The number of thiocarbonyl (C=S) groups is 1. The minimum Gasteiger partial charge on any atom is -0.378 e. The van der Waals surface area contributed by atoms with E-state index in [2.05, 4.69) is 72.6 Å². The van der Waals surface area contributed by atoms with Crippen molar-refractivity contribution in [2.75, 3.05) is 29.2 Å². The maximum Gasteiger partial charge on any atom is 0.221 e. The zero-order valence-electron chi connectivity index (χ0n) is 20.4. The van der Waals surface area contributed by atoms with E-state index >= 15 is 0 Å². The number of benzene rings is 2. The molecule has 2 N–H and O–H groups in total. The van der Waals surface area contributed by atoms with Crippen molar-refractivity contribution in [3.8, 4) is 5.69 Å². The number of anilines is 3. The van der Waals surface area contributed by atoms with E-state index in [9.17, 15) is 4.79 Å². The van der Waals surface area contributed by atoms with Crippen LogP contribution in [0.15, 0.2) is 91.3 Å². The fraction of sp³-hybridized carbons (Fsp3) is 0.179. The van der Waals surface area contributed by atoms with Crippen molar-refractivity contribution in [3.05, 3.63) is 103 Å². The Labute approximate surface area is 216 Å². The van der Waals surface area contributed by atoms with Gasteiger partial charge in [0.25, 0.3) is 0 Å². The summed E-state index contributed by atoms with van der Waals surface area (Å²) in [6.45, 7) is 1.50. The van der Waals surface area contributed by atoms with Crippen molar-refractivity contribution in [1.29, 1.82) is 0 Å². The van der Waals surface area contributed by atoms with E-state index in [4.69, 9.17) is 12.2 Å². The molecule has 182 valence electrons. The van der Waals surface area contributed by atoms with Gasteiger partial charge in [-0.25, -0.2) is 0 Å². The molecule has 2 aromatic carbocycles. The van der Waals surface area contributed by atoms with Crippen LogP contribution in [0.25, 0.3) is 5.69 Å². The van der Waals surface area contributed by atoms with Crippen LogP contribution in [0.3, 0.4) is 0 Å². The lowest BCUT2D eigenvalue weighted by atomic mass is 10.0. The molecule has 0 radical (unpaired) electrons. The second-order valence-electron chi connectivity index (χ2n) is 8.94. The highest BCUT2D eigenvalue weighted by Gasteiger charge is 2.42. The van der Waals surface area contributed by atoms with E-state index in [1.807, 2.05) is 56.6 Å². The number of hydrogen-bond donors (Lipinski definition) is 2. The molecule has 8 heteroatoms. The monoisotopic (exact) mass is 496 g/mol. The van der Waals surface area contributed by atoms with Crippen LogP contribution < -0.4 is 20.4 Å². The summed E-state index contributed by atoms with van der Waals surface area (Å²) >= 11 is 5.86. The number of nitrogens with zero attached hydrogens (tertiary/aromatic N) is 4. The first kappa shape index (κ1) is 23.6. The molecular formula is C28H28N6OS. The fourth-order valence-corrected chi connectivity index (χ4v) is 4.97. The zero-order chi connectivity index (χ0) is 25.2. The Morgan fingerprint density at radius 3 is 2.33 bits per heavy atom. The second kappa shape index (κ2) is 9.83. The van der Waals surface area contributed by atoms with Crippen molar-refractivity contribution < 1.29 is 4.79 Å². The molecule has 0 unspecified atom stereocenters. The zero-order valence-corrected chi connectivity index (χ0v) is 21.2. The third-order valence-corrected chi connectivity index (χ3v) is 6.61. The first-order valence-corrected chi connectivity index (χ1v) is 12.2. The molecule has 7 nitrogen and oxygen atoms in total. The molecule has 0 spiro atoms. The van der Waals surface area contributed by atoms with Crippen molar-refractivity contribution in [3.63, 3.8) is 0 Å². The number of rotatable bonds is 6. The SMILES string of the molecule is CC(=O)Nc1ccc(N2C(=S)N[C@H](c3ccccn3)[C@H]2c2cccn2-c2ccc(N(C)C)cc2)cc1. The Kier molecular flexibility index (Phi) is 6.43. The van der Waals surface area contributed by atoms with Crippen LogP contribution in [0.1, 0.15) is 30.4 Å². The molecule has 1 fully saturated rings. The van der Waals surface area contributed by atoms with Crippen molar-refractivity contribution >= 4 is 40.3 Å². The molecule has 3 heterocycles. The second-order valence-corrected chi connectivity index (χ2v) is 9.33. The number of carbonyl (C=O) groups excluding carboxylic acids is 1. The summed E-state index contributed by atoms with van der Waals surface area (Å²) < 4.78 is 2.20. The van der Waals surface area contributed by atoms with Gasteiger partial charge in [0, 0.05) is 61.9 Å². The van der Waals surface area contributed by atoms with Gasteiger partial charge in [-0.1, -0.05) is 6.07 Å². The molecule has 4 aromatic rings. The fourth-order valence-electron chi connectivity index (χ4n) is 4.62. The van der Waals surface area contributed by atoms with Gasteiger partial charge in [0.2, 0.25) is 5.91 Å². The van der Waals surface area contributed by atoms with E-state index in [-0.39, 0.29) is 18.0 Å². The first-order valence-electron chi connectivity index (χ1n) is 11.8. The topological polar surface area (TPSA) is 65.4 Å². The molecule has 2 atom stereocenters. The molecule has 0 bridgehead atoms. The molecule has 1 aliphatic rings. The number of carbonyl (C=O) groups is 1. The largest absolute Gasteiger partial charge is 0.378 e. The molecule has 1 saturated heterocycles. The number of pyridine rings is 1. The third-order valence-electron chi connectivity index (χ3n) is 6.29. The minimum absolute atomic E-state index is 0.104. The quantitative estimate of drug-likeness (QED) is 0.363. The van der Waals surface area contributed by atoms with Crippen LogP contribution in [0.2, 0.25) is 0 Å². The lowest BCUT2D eigenvalue weighted by Gasteiger charge is -2.29. The molecule has 5 rings (SSSR count). The molecule has 36 heavy (non-hydrogen) atoms. The first-order chi connectivity index (χ1) is 17.4. The van der Waals surface area contributed by atoms with Crippen LogP contribution in [-0.2, 0) is 4.79 Å². The standard InChI is InChI=1S/C28H28N6OS/c1-19(35)30-20-9-11-23(12-10-20)34-27(26(31-28(34)36)24-7-4-5-17-29-24)25-8-6-18-33(25)22-15-13-21(14-16-22)32(2)3/h4-18,26-27H,1-3H3,(H,30,35)(H,31,36)/t26-,27-/m1/s1. The number of nitrogens with one attached hydrogen (secondary N) is 2. The van der Waals surface area contributed by atoms with Crippen molar-refractivity contribution in [1.82, 2.24) is 14.9 Å². The summed E-state index contributed by atoms with van der Waals surface area (Å²) in [6.07, 6.45) is 3.88. The molecule has 2 aromatic heterocycles. The van der Waals surface area contributed by atoms with Crippen LogP contribution in [-0.4, -0.2) is 34.7 Å². The van der Waals surface area contributed by atoms with E-state index in [1.54, 1.807) is 6.20 Å². The van der Waals surface area contributed by atoms with Crippen molar-refractivity contribution in [2.24, 2.45) is 0 Å². The number of amides is 1. The van der Waals surface area contributed by atoms with Gasteiger partial charge in [-0.2, -0.15) is 0 Å². The van der Waals surface area contributed by atoms with Gasteiger partial charge in [-0.05, 0) is 85.0 Å². The Morgan fingerprint density at radius 2 is 1.69 bits per heavy atom. The van der Waals surface area contributed by atoms with Gasteiger partial charge in [0.1, 0.15) is 6.04 Å². The lowest BCUT2D eigenvalue weighted by Crippen LogP contribution is -2.30. The summed E-state index contributed by atoms with van der Waals surface area (Å²) in [5, 5.41) is 6.96. The van der Waals surface area contributed by atoms with E-state index in [0.29, 0.717) is 5.11 Å². The molecule has 0 saturated carbocycles. The third kappa shape index (κ3) is 4.55.